The van der Waals surface area contributed by atoms with E-state index >= 15 is 0 Å². The third-order valence-corrected chi connectivity index (χ3v) is 4.97. The van der Waals surface area contributed by atoms with Gasteiger partial charge in [-0.3, -0.25) is 9.59 Å². The highest BCUT2D eigenvalue weighted by Gasteiger charge is 2.34. The summed E-state index contributed by atoms with van der Waals surface area (Å²) in [5, 5.41) is 22.6. The predicted molar refractivity (Wildman–Crippen MR) is 117 cm³/mol. The van der Waals surface area contributed by atoms with Crippen LogP contribution in [0.3, 0.4) is 0 Å². The molecule has 8 heteroatoms. The second-order valence-corrected chi connectivity index (χ2v) is 7.15. The molecule has 1 aliphatic rings. The smallest absolute Gasteiger partial charge is 0.255 e. The molecule has 0 aliphatic carbocycles. The van der Waals surface area contributed by atoms with Gasteiger partial charge in [0.25, 0.3) is 5.91 Å². The molecule has 2 aromatic carbocycles. The van der Waals surface area contributed by atoms with Crippen LogP contribution in [0.2, 0.25) is 0 Å². The van der Waals surface area contributed by atoms with Crippen molar-refractivity contribution in [2.45, 2.75) is 19.9 Å². The molecule has 2 heterocycles. The number of nitrogens with one attached hydrogen (secondary N) is 3. The molecule has 154 valence electrons. The van der Waals surface area contributed by atoms with Gasteiger partial charge >= 0.3 is 0 Å². The summed E-state index contributed by atoms with van der Waals surface area (Å²) in [5.74, 6) is 0.0975. The fourth-order valence-corrected chi connectivity index (χ4v) is 3.61. The van der Waals surface area contributed by atoms with Crippen LogP contribution in [-0.4, -0.2) is 21.6 Å². The van der Waals surface area contributed by atoms with Crippen molar-refractivity contribution >= 4 is 29.0 Å². The number of para-hydroxylation sites is 1. The minimum absolute atomic E-state index is 0.165. The lowest BCUT2D eigenvalue weighted by molar-refractivity contribution is -0.114. The molecule has 0 radical (unpaired) electrons. The molecule has 8 nitrogen and oxygen atoms in total. The highest BCUT2D eigenvalue weighted by molar-refractivity contribution is 6.06. The van der Waals surface area contributed by atoms with Crippen LogP contribution in [0.1, 0.15) is 31.0 Å². The second kappa shape index (κ2) is 8.16. The van der Waals surface area contributed by atoms with Gasteiger partial charge in [0.2, 0.25) is 5.91 Å². The van der Waals surface area contributed by atoms with Crippen molar-refractivity contribution in [1.29, 1.82) is 5.26 Å². The molecule has 3 N–H and O–H groups in total. The maximum Gasteiger partial charge on any atom is 0.255 e. The van der Waals surface area contributed by atoms with E-state index in [2.05, 4.69) is 27.1 Å². The fraction of sp³-hybridized carbons (Fsp3) is 0.130. The van der Waals surface area contributed by atoms with Crippen molar-refractivity contribution in [3.8, 4) is 6.07 Å². The van der Waals surface area contributed by atoms with Gasteiger partial charge in [0.15, 0.2) is 0 Å². The molecule has 1 aliphatic heterocycles. The van der Waals surface area contributed by atoms with Gasteiger partial charge in [0.1, 0.15) is 23.5 Å². The Kier molecular flexibility index (Phi) is 5.24. The molecule has 0 bridgehead atoms. The third-order valence-electron chi connectivity index (χ3n) is 4.97. The van der Waals surface area contributed by atoms with Crippen LogP contribution in [0.15, 0.2) is 72.1 Å². The number of hydrogen-bond donors (Lipinski definition) is 3. The first-order valence-electron chi connectivity index (χ1n) is 9.67. The van der Waals surface area contributed by atoms with Crippen molar-refractivity contribution in [2.75, 3.05) is 16.0 Å². The average Bonchev–Trinajstić information content (AvgIpc) is 3.16. The number of allylic oxidation sites excluding steroid dienone is 1. The van der Waals surface area contributed by atoms with E-state index in [1.54, 1.807) is 23.7 Å². The van der Waals surface area contributed by atoms with Crippen molar-refractivity contribution in [3.63, 3.8) is 0 Å². The Balaban J connectivity index is 1.77. The lowest BCUT2D eigenvalue weighted by Gasteiger charge is -2.30. The monoisotopic (exact) mass is 412 g/mol. The van der Waals surface area contributed by atoms with E-state index in [-0.39, 0.29) is 11.8 Å². The van der Waals surface area contributed by atoms with Gasteiger partial charge in [0, 0.05) is 24.0 Å². The molecule has 4 rings (SSSR count). The minimum Gasteiger partial charge on any atom is -0.343 e. The topological polar surface area (TPSA) is 112 Å². The summed E-state index contributed by atoms with van der Waals surface area (Å²) in [7, 11) is 0. The van der Waals surface area contributed by atoms with E-state index in [0.29, 0.717) is 34.0 Å². The molecule has 1 atom stereocenters. The molecular formula is C23H20N6O2. The lowest BCUT2D eigenvalue weighted by Crippen LogP contribution is -2.31. The number of rotatable bonds is 4. The van der Waals surface area contributed by atoms with Gasteiger partial charge in [0.05, 0.1) is 11.8 Å². The van der Waals surface area contributed by atoms with Gasteiger partial charge in [-0.2, -0.15) is 10.4 Å². The van der Waals surface area contributed by atoms with Gasteiger partial charge in [-0.15, -0.1) is 0 Å². The first-order valence-corrected chi connectivity index (χ1v) is 9.67. The molecule has 1 aromatic heterocycles. The summed E-state index contributed by atoms with van der Waals surface area (Å²) in [6.07, 6.45) is 1.48. The highest BCUT2D eigenvalue weighted by atomic mass is 16.2. The van der Waals surface area contributed by atoms with E-state index in [1.165, 1.54) is 13.1 Å². The number of fused-ring (bicyclic) bond motifs is 1. The number of carbonyl (C=O) groups excluding carboxylic acids is 2. The molecule has 31 heavy (non-hydrogen) atoms. The standard InChI is InChI=1S/C23H20N6O2/c1-14-20(23(31)28-18-6-4-3-5-7-18)21(29-22(26-14)17(12-24)13-25-29)16-8-10-19(11-9-16)27-15(2)30/h3-11,13,21,26H,1-2H3,(H,27,30)(H,28,31). The molecule has 0 saturated carbocycles. The first kappa shape index (κ1) is 19.9. The number of aromatic nitrogens is 2. The van der Waals surface area contributed by atoms with Crippen molar-refractivity contribution < 1.29 is 9.59 Å². The van der Waals surface area contributed by atoms with Crippen molar-refractivity contribution in [2.24, 2.45) is 0 Å². The second-order valence-electron chi connectivity index (χ2n) is 7.15. The Morgan fingerprint density at radius 2 is 1.74 bits per heavy atom. The normalized spacial score (nSPS) is 14.8. The predicted octanol–water partition coefficient (Wildman–Crippen LogP) is 3.64. The van der Waals surface area contributed by atoms with Crippen LogP contribution in [0.5, 0.6) is 0 Å². The van der Waals surface area contributed by atoms with Crippen LogP contribution >= 0.6 is 0 Å². The minimum atomic E-state index is -0.548. The number of benzene rings is 2. The van der Waals surface area contributed by atoms with Crippen LogP contribution in [-0.2, 0) is 9.59 Å². The maximum atomic E-state index is 13.3. The molecular weight excluding hydrogens is 392 g/mol. The zero-order valence-corrected chi connectivity index (χ0v) is 17.0. The number of anilines is 3. The first-order chi connectivity index (χ1) is 15.0. The largest absolute Gasteiger partial charge is 0.343 e. The molecule has 0 fully saturated rings. The van der Waals surface area contributed by atoms with E-state index in [1.807, 2.05) is 42.5 Å². The number of nitrogens with zero attached hydrogens (tertiary/aromatic N) is 3. The Morgan fingerprint density at radius 3 is 2.39 bits per heavy atom. The quantitative estimate of drug-likeness (QED) is 0.606. The van der Waals surface area contributed by atoms with E-state index in [4.69, 9.17) is 0 Å². The maximum absolute atomic E-state index is 13.3. The Hall–Kier alpha value is -4.38. The summed E-state index contributed by atoms with van der Waals surface area (Å²) in [6.45, 7) is 3.24. The number of carbonyl (C=O) groups is 2. The van der Waals surface area contributed by atoms with Crippen LogP contribution in [0.4, 0.5) is 17.2 Å². The summed E-state index contributed by atoms with van der Waals surface area (Å²) in [5.41, 5.74) is 3.63. The summed E-state index contributed by atoms with van der Waals surface area (Å²) >= 11 is 0. The molecule has 1 unspecified atom stereocenters. The number of nitriles is 1. The third kappa shape index (κ3) is 3.89. The number of hydrogen-bond acceptors (Lipinski definition) is 5. The van der Waals surface area contributed by atoms with Crippen molar-refractivity contribution in [1.82, 2.24) is 9.78 Å². The van der Waals surface area contributed by atoms with E-state index in [9.17, 15) is 14.9 Å². The van der Waals surface area contributed by atoms with E-state index < -0.39 is 6.04 Å². The van der Waals surface area contributed by atoms with E-state index in [0.717, 1.165) is 5.56 Å². The SMILES string of the molecule is CC(=O)Nc1ccc(C2C(C(=O)Nc3ccccc3)=C(C)Nc3c(C#N)cnn32)cc1. The molecule has 3 aromatic rings. The van der Waals surface area contributed by atoms with Gasteiger partial charge < -0.3 is 16.0 Å². The fourth-order valence-electron chi connectivity index (χ4n) is 3.61. The van der Waals surface area contributed by atoms with Crippen LogP contribution in [0.25, 0.3) is 0 Å². The van der Waals surface area contributed by atoms with Crippen molar-refractivity contribution in [3.05, 3.63) is 83.2 Å². The summed E-state index contributed by atoms with van der Waals surface area (Å²) in [6, 6.07) is 18.0. The Bertz CT molecular complexity index is 1220. The van der Waals surface area contributed by atoms with Gasteiger partial charge in [-0.25, -0.2) is 4.68 Å². The summed E-state index contributed by atoms with van der Waals surface area (Å²) < 4.78 is 1.64. The van der Waals surface area contributed by atoms with Gasteiger partial charge in [-0.1, -0.05) is 30.3 Å². The lowest BCUT2D eigenvalue weighted by atomic mass is 9.94. The highest BCUT2D eigenvalue weighted by Crippen LogP contribution is 2.37. The Morgan fingerprint density at radius 1 is 1.06 bits per heavy atom. The Labute approximate surface area is 179 Å². The molecule has 0 saturated heterocycles. The average molecular weight is 412 g/mol. The zero-order chi connectivity index (χ0) is 22.0. The molecule has 0 spiro atoms. The zero-order valence-electron chi connectivity index (χ0n) is 17.0. The van der Waals surface area contributed by atoms with Crippen LogP contribution < -0.4 is 16.0 Å². The number of amides is 2. The molecule has 2 amide bonds. The van der Waals surface area contributed by atoms with Gasteiger partial charge in [-0.05, 0) is 36.8 Å². The summed E-state index contributed by atoms with van der Waals surface area (Å²) in [4.78, 5) is 24.6. The van der Waals surface area contributed by atoms with Crippen LogP contribution in [0, 0.1) is 11.3 Å².